The van der Waals surface area contributed by atoms with Crippen LogP contribution < -0.4 is 5.32 Å². The van der Waals surface area contributed by atoms with E-state index in [2.05, 4.69) is 5.32 Å². The van der Waals surface area contributed by atoms with Gasteiger partial charge in [-0.1, -0.05) is 65.2 Å². The molecule has 0 saturated heterocycles. The SMILES string of the molecule is Cc1ccc(S(=O)(=O)N(CC(=O)NCc2ccccc2Cl)Cc2c(F)cccc2Cl)cc1. The van der Waals surface area contributed by atoms with Crippen LogP contribution in [0.2, 0.25) is 10.0 Å². The zero-order valence-corrected chi connectivity index (χ0v) is 19.5. The van der Waals surface area contributed by atoms with E-state index in [0.29, 0.717) is 10.6 Å². The van der Waals surface area contributed by atoms with E-state index in [-0.39, 0.29) is 22.0 Å². The monoisotopic (exact) mass is 494 g/mol. The number of nitrogens with one attached hydrogen (secondary N) is 1. The minimum Gasteiger partial charge on any atom is -0.351 e. The number of hydrogen-bond acceptors (Lipinski definition) is 3. The highest BCUT2D eigenvalue weighted by Gasteiger charge is 2.28. The van der Waals surface area contributed by atoms with E-state index in [1.165, 1.54) is 30.3 Å². The third-order valence-corrected chi connectivity index (χ3v) is 7.34. The highest BCUT2D eigenvalue weighted by molar-refractivity contribution is 7.89. The van der Waals surface area contributed by atoms with Crippen molar-refractivity contribution >= 4 is 39.1 Å². The van der Waals surface area contributed by atoms with E-state index in [0.717, 1.165) is 9.87 Å². The van der Waals surface area contributed by atoms with Gasteiger partial charge in [-0.25, -0.2) is 12.8 Å². The molecule has 9 heteroatoms. The van der Waals surface area contributed by atoms with E-state index >= 15 is 0 Å². The van der Waals surface area contributed by atoms with Gasteiger partial charge in [0, 0.05) is 28.7 Å². The summed E-state index contributed by atoms with van der Waals surface area (Å²) in [4.78, 5) is 12.6. The van der Waals surface area contributed by atoms with Gasteiger partial charge in [0.05, 0.1) is 11.4 Å². The first-order valence-corrected chi connectivity index (χ1v) is 11.9. The maximum atomic E-state index is 14.4. The summed E-state index contributed by atoms with van der Waals surface area (Å²) in [6.07, 6.45) is 0. The lowest BCUT2D eigenvalue weighted by Gasteiger charge is -2.23. The molecule has 3 aromatic carbocycles. The van der Waals surface area contributed by atoms with Gasteiger partial charge in [-0.2, -0.15) is 4.31 Å². The molecule has 0 heterocycles. The number of aryl methyl sites for hydroxylation is 1. The molecule has 0 saturated carbocycles. The van der Waals surface area contributed by atoms with E-state index < -0.39 is 34.8 Å². The van der Waals surface area contributed by atoms with Crippen molar-refractivity contribution in [1.82, 2.24) is 9.62 Å². The normalized spacial score (nSPS) is 11.5. The Balaban J connectivity index is 1.87. The topological polar surface area (TPSA) is 66.5 Å². The number of halogens is 3. The summed E-state index contributed by atoms with van der Waals surface area (Å²) in [7, 11) is -4.11. The molecule has 1 N–H and O–H groups in total. The number of hydrogen-bond donors (Lipinski definition) is 1. The van der Waals surface area contributed by atoms with Gasteiger partial charge in [0.15, 0.2) is 0 Å². The summed E-state index contributed by atoms with van der Waals surface area (Å²) < 4.78 is 41.9. The van der Waals surface area contributed by atoms with Crippen molar-refractivity contribution in [2.75, 3.05) is 6.54 Å². The fourth-order valence-electron chi connectivity index (χ4n) is 3.00. The zero-order valence-electron chi connectivity index (χ0n) is 17.2. The molecule has 0 aromatic heterocycles. The first-order valence-electron chi connectivity index (χ1n) is 9.68. The second-order valence-electron chi connectivity index (χ2n) is 7.15. The van der Waals surface area contributed by atoms with E-state index in [4.69, 9.17) is 23.2 Å². The van der Waals surface area contributed by atoms with Gasteiger partial charge < -0.3 is 5.32 Å². The lowest BCUT2D eigenvalue weighted by Crippen LogP contribution is -2.40. The molecule has 0 atom stereocenters. The fraction of sp³-hybridized carbons (Fsp3) is 0.174. The number of nitrogens with zero attached hydrogens (tertiary/aromatic N) is 1. The highest BCUT2D eigenvalue weighted by atomic mass is 35.5. The van der Waals surface area contributed by atoms with Crippen LogP contribution in [0, 0.1) is 12.7 Å². The Morgan fingerprint density at radius 2 is 1.62 bits per heavy atom. The maximum absolute atomic E-state index is 14.4. The van der Waals surface area contributed by atoms with Gasteiger partial charge in [-0.3, -0.25) is 4.79 Å². The molecule has 0 fully saturated rings. The molecular formula is C23H21Cl2FN2O3S. The molecule has 0 radical (unpaired) electrons. The summed E-state index contributed by atoms with van der Waals surface area (Å²) in [5, 5.41) is 3.22. The summed E-state index contributed by atoms with van der Waals surface area (Å²) in [5.41, 5.74) is 1.56. The van der Waals surface area contributed by atoms with E-state index in [1.807, 2.05) is 6.92 Å². The largest absolute Gasteiger partial charge is 0.351 e. The quantitative estimate of drug-likeness (QED) is 0.481. The van der Waals surface area contributed by atoms with Gasteiger partial charge in [0.25, 0.3) is 0 Å². The number of rotatable bonds is 8. The van der Waals surface area contributed by atoms with Gasteiger partial charge in [0.1, 0.15) is 5.82 Å². The van der Waals surface area contributed by atoms with Crippen LogP contribution in [-0.2, 0) is 27.9 Å². The molecule has 0 aliphatic carbocycles. The Morgan fingerprint density at radius 1 is 0.969 bits per heavy atom. The molecule has 5 nitrogen and oxygen atoms in total. The van der Waals surface area contributed by atoms with Crippen LogP contribution in [0.25, 0.3) is 0 Å². The first-order chi connectivity index (χ1) is 15.2. The molecule has 32 heavy (non-hydrogen) atoms. The molecule has 0 spiro atoms. The van der Waals surface area contributed by atoms with Gasteiger partial charge in [0.2, 0.25) is 15.9 Å². The van der Waals surface area contributed by atoms with Crippen molar-refractivity contribution in [2.45, 2.75) is 24.9 Å². The molecule has 168 valence electrons. The van der Waals surface area contributed by atoms with Crippen LogP contribution in [0.5, 0.6) is 0 Å². The molecule has 3 rings (SSSR count). The van der Waals surface area contributed by atoms with Crippen LogP contribution in [0.4, 0.5) is 4.39 Å². The predicted molar refractivity (Wildman–Crippen MR) is 123 cm³/mol. The third-order valence-electron chi connectivity index (χ3n) is 4.81. The minimum atomic E-state index is -4.11. The molecule has 0 unspecified atom stereocenters. The second kappa shape index (κ2) is 10.4. The van der Waals surface area contributed by atoms with Gasteiger partial charge in [-0.05, 0) is 42.8 Å². The van der Waals surface area contributed by atoms with Crippen molar-refractivity contribution in [2.24, 2.45) is 0 Å². The lowest BCUT2D eigenvalue weighted by atomic mass is 10.2. The van der Waals surface area contributed by atoms with Crippen molar-refractivity contribution in [1.29, 1.82) is 0 Å². The number of sulfonamides is 1. The second-order valence-corrected chi connectivity index (χ2v) is 9.91. The molecule has 0 aliphatic heterocycles. The number of carbonyl (C=O) groups excluding carboxylic acids is 1. The van der Waals surface area contributed by atoms with Gasteiger partial charge >= 0.3 is 0 Å². The molecule has 1 amide bonds. The first kappa shape index (κ1) is 24.2. The van der Waals surface area contributed by atoms with Crippen LogP contribution in [0.15, 0.2) is 71.6 Å². The molecule has 0 aliphatic rings. The molecular weight excluding hydrogens is 474 g/mol. The summed E-state index contributed by atoms with van der Waals surface area (Å²) in [6, 6.07) is 17.3. The average Bonchev–Trinajstić information content (AvgIpc) is 2.75. The summed E-state index contributed by atoms with van der Waals surface area (Å²) >= 11 is 12.2. The van der Waals surface area contributed by atoms with Crippen LogP contribution >= 0.6 is 23.2 Å². The van der Waals surface area contributed by atoms with Crippen molar-refractivity contribution in [3.63, 3.8) is 0 Å². The zero-order chi connectivity index (χ0) is 23.3. The van der Waals surface area contributed by atoms with Gasteiger partial charge in [-0.15, -0.1) is 0 Å². The predicted octanol–water partition coefficient (Wildman–Crippen LogP) is 4.95. The summed E-state index contributed by atoms with van der Waals surface area (Å²) in [5.74, 6) is -1.22. The number of amides is 1. The van der Waals surface area contributed by atoms with Crippen molar-refractivity contribution in [3.05, 3.63) is 99.3 Å². The van der Waals surface area contributed by atoms with E-state index in [9.17, 15) is 17.6 Å². The Bertz CT molecular complexity index is 1200. The summed E-state index contributed by atoms with van der Waals surface area (Å²) in [6.45, 7) is 1.03. The number of carbonyl (C=O) groups is 1. The van der Waals surface area contributed by atoms with Crippen LogP contribution in [-0.4, -0.2) is 25.2 Å². The Hall–Kier alpha value is -2.45. The van der Waals surface area contributed by atoms with Crippen LogP contribution in [0.1, 0.15) is 16.7 Å². The smallest absolute Gasteiger partial charge is 0.243 e. The minimum absolute atomic E-state index is 0.00512. The number of benzene rings is 3. The lowest BCUT2D eigenvalue weighted by molar-refractivity contribution is -0.121. The van der Waals surface area contributed by atoms with Crippen molar-refractivity contribution in [3.8, 4) is 0 Å². The Kier molecular flexibility index (Phi) is 7.90. The Labute approximate surface area is 196 Å². The molecule has 0 bridgehead atoms. The third kappa shape index (κ3) is 5.86. The fourth-order valence-corrected chi connectivity index (χ4v) is 4.79. The van der Waals surface area contributed by atoms with E-state index in [1.54, 1.807) is 36.4 Å². The molecule has 3 aromatic rings. The van der Waals surface area contributed by atoms with Crippen molar-refractivity contribution < 1.29 is 17.6 Å². The average molecular weight is 495 g/mol. The standard InChI is InChI=1S/C23H21Cl2FN2O3S/c1-16-9-11-18(12-10-16)32(30,31)28(14-19-21(25)7-4-8-22(19)26)15-23(29)27-13-17-5-2-3-6-20(17)24/h2-12H,13-15H2,1H3,(H,27,29). The van der Waals surface area contributed by atoms with Crippen LogP contribution in [0.3, 0.4) is 0 Å². The maximum Gasteiger partial charge on any atom is 0.243 e. The Morgan fingerprint density at radius 3 is 2.28 bits per heavy atom. The highest BCUT2D eigenvalue weighted by Crippen LogP contribution is 2.25.